The highest BCUT2D eigenvalue weighted by Crippen LogP contribution is 2.65. The summed E-state index contributed by atoms with van der Waals surface area (Å²) in [5.41, 5.74) is 4.15. The van der Waals surface area contributed by atoms with Crippen molar-refractivity contribution >= 4 is 13.4 Å². The fourth-order valence-corrected chi connectivity index (χ4v) is 6.20. The third kappa shape index (κ3) is 3.41. The van der Waals surface area contributed by atoms with Crippen molar-refractivity contribution in [3.63, 3.8) is 0 Å². The van der Waals surface area contributed by atoms with Crippen LogP contribution in [0.4, 0.5) is 0 Å². The Labute approximate surface area is 147 Å². The van der Waals surface area contributed by atoms with Gasteiger partial charge in [-0.3, -0.25) is 5.09 Å². The fourth-order valence-electron chi connectivity index (χ4n) is 3.30. The summed E-state index contributed by atoms with van der Waals surface area (Å²) in [5, 5.41) is 5.40. The Bertz CT molecular complexity index is 681. The molecule has 2 atom stereocenters. The molecule has 3 rings (SSSR count). The van der Waals surface area contributed by atoms with Crippen LogP contribution in [0.5, 0.6) is 0 Å². The summed E-state index contributed by atoms with van der Waals surface area (Å²) in [4.78, 5) is 2.46. The first-order chi connectivity index (χ1) is 11.7. The van der Waals surface area contributed by atoms with Gasteiger partial charge in [0, 0.05) is 26.1 Å². The van der Waals surface area contributed by atoms with E-state index in [1.165, 1.54) is 35.0 Å². The zero-order valence-corrected chi connectivity index (χ0v) is 15.8. The van der Waals surface area contributed by atoms with Gasteiger partial charge >= 0.3 is 0 Å². The molecule has 0 radical (unpaired) electrons. The Morgan fingerprint density at radius 1 is 1.00 bits per heavy atom. The van der Waals surface area contributed by atoms with Gasteiger partial charge in [-0.2, -0.15) is 0 Å². The van der Waals surface area contributed by atoms with Crippen molar-refractivity contribution in [2.24, 2.45) is 0 Å². The van der Waals surface area contributed by atoms with Crippen molar-refractivity contribution in [3.8, 4) is 0 Å². The highest BCUT2D eigenvalue weighted by molar-refractivity contribution is 7.67. The lowest BCUT2D eigenvalue weighted by molar-refractivity contribution is 0.407. The highest BCUT2D eigenvalue weighted by atomic mass is 31.1. The SMILES string of the molecule is CCCCNP1C(c2ccccc2)=C(C)N(C)[C@H]1c1ccccc1. The van der Waals surface area contributed by atoms with Gasteiger partial charge in [0.05, 0.1) is 5.78 Å². The fraction of sp³-hybridized carbons (Fsp3) is 0.333. The van der Waals surface area contributed by atoms with E-state index in [0.29, 0.717) is 5.78 Å². The molecule has 0 amide bonds. The minimum Gasteiger partial charge on any atom is -0.365 e. The van der Waals surface area contributed by atoms with Crippen LogP contribution in [-0.2, 0) is 0 Å². The van der Waals surface area contributed by atoms with Crippen molar-refractivity contribution in [3.05, 3.63) is 77.5 Å². The van der Waals surface area contributed by atoms with Crippen LogP contribution in [-0.4, -0.2) is 18.5 Å². The molecule has 0 saturated carbocycles. The van der Waals surface area contributed by atoms with E-state index in [-0.39, 0.29) is 0 Å². The molecule has 0 spiro atoms. The van der Waals surface area contributed by atoms with E-state index < -0.39 is 8.07 Å². The molecule has 0 aliphatic carbocycles. The van der Waals surface area contributed by atoms with Crippen molar-refractivity contribution in [1.29, 1.82) is 0 Å². The van der Waals surface area contributed by atoms with Crippen LogP contribution < -0.4 is 5.09 Å². The van der Waals surface area contributed by atoms with E-state index in [4.69, 9.17) is 0 Å². The summed E-state index contributed by atoms with van der Waals surface area (Å²) in [6.07, 6.45) is 2.45. The number of nitrogens with zero attached hydrogens (tertiary/aromatic N) is 1. The third-order valence-corrected chi connectivity index (χ3v) is 7.44. The van der Waals surface area contributed by atoms with Gasteiger partial charge in [-0.1, -0.05) is 74.0 Å². The molecule has 0 fully saturated rings. The molecule has 24 heavy (non-hydrogen) atoms. The molecule has 2 aromatic carbocycles. The zero-order valence-electron chi connectivity index (χ0n) is 14.9. The summed E-state index contributed by atoms with van der Waals surface area (Å²) in [6.45, 7) is 5.61. The van der Waals surface area contributed by atoms with Crippen molar-refractivity contribution in [2.75, 3.05) is 13.6 Å². The number of allylic oxidation sites excluding steroid dienone is 1. The standard InChI is InChI=1S/C21H27N2P/c1-4-5-16-22-24-20(18-12-8-6-9-13-18)17(2)23(3)21(24)19-14-10-7-11-15-19/h6-15,21-22H,4-5,16H2,1-3H3/t21-,24?/m1/s1. The Morgan fingerprint density at radius 2 is 1.62 bits per heavy atom. The average molecular weight is 338 g/mol. The van der Waals surface area contributed by atoms with Crippen molar-refractivity contribution in [1.82, 2.24) is 9.99 Å². The average Bonchev–Trinajstić information content (AvgIpc) is 2.87. The van der Waals surface area contributed by atoms with Crippen molar-refractivity contribution < 1.29 is 0 Å². The van der Waals surface area contributed by atoms with Gasteiger partial charge in [0.1, 0.15) is 0 Å². The molecular weight excluding hydrogens is 311 g/mol. The Kier molecular flexibility index (Phi) is 5.71. The summed E-state index contributed by atoms with van der Waals surface area (Å²) >= 11 is 0. The Morgan fingerprint density at radius 3 is 2.25 bits per heavy atom. The first kappa shape index (κ1) is 17.2. The molecular formula is C21H27N2P. The van der Waals surface area contributed by atoms with Crippen LogP contribution in [0.1, 0.15) is 43.6 Å². The third-order valence-electron chi connectivity index (χ3n) is 4.68. The molecule has 126 valence electrons. The molecule has 0 aromatic heterocycles. The summed E-state index contributed by atoms with van der Waals surface area (Å²) in [6, 6.07) is 21.8. The van der Waals surface area contributed by atoms with Gasteiger partial charge in [-0.15, -0.1) is 0 Å². The van der Waals surface area contributed by atoms with E-state index in [2.05, 4.69) is 91.5 Å². The molecule has 1 aliphatic heterocycles. The smallest absolute Gasteiger partial charge is 0.0909 e. The Balaban J connectivity index is 1.99. The molecule has 3 heteroatoms. The minimum atomic E-state index is -0.459. The van der Waals surface area contributed by atoms with Crippen LogP contribution >= 0.6 is 8.07 Å². The molecule has 1 aliphatic rings. The largest absolute Gasteiger partial charge is 0.365 e. The zero-order chi connectivity index (χ0) is 16.9. The number of hydrogen-bond donors (Lipinski definition) is 1. The van der Waals surface area contributed by atoms with Gasteiger partial charge in [0.25, 0.3) is 0 Å². The summed E-state index contributed by atoms with van der Waals surface area (Å²) in [5.74, 6) is 0.410. The maximum Gasteiger partial charge on any atom is 0.0909 e. The number of rotatable bonds is 6. The number of benzene rings is 2. The molecule has 0 saturated heterocycles. The van der Waals surface area contributed by atoms with Gasteiger partial charge in [0.15, 0.2) is 0 Å². The monoisotopic (exact) mass is 338 g/mol. The molecule has 1 N–H and O–H groups in total. The van der Waals surface area contributed by atoms with E-state index in [0.717, 1.165) is 6.54 Å². The van der Waals surface area contributed by atoms with Crippen molar-refractivity contribution in [2.45, 2.75) is 32.5 Å². The first-order valence-corrected chi connectivity index (χ1v) is 10.2. The second kappa shape index (κ2) is 7.96. The molecule has 0 bridgehead atoms. The molecule has 1 heterocycles. The maximum atomic E-state index is 3.91. The van der Waals surface area contributed by atoms with E-state index in [1.54, 1.807) is 0 Å². The molecule has 1 unspecified atom stereocenters. The number of hydrogen-bond acceptors (Lipinski definition) is 2. The predicted octanol–water partition coefficient (Wildman–Crippen LogP) is 5.81. The first-order valence-electron chi connectivity index (χ1n) is 8.81. The van der Waals surface area contributed by atoms with E-state index in [9.17, 15) is 0 Å². The minimum absolute atomic E-state index is 0.410. The normalized spacial score (nSPS) is 20.7. The van der Waals surface area contributed by atoms with E-state index in [1.807, 2.05) is 0 Å². The molecule has 2 aromatic rings. The molecule has 2 nitrogen and oxygen atoms in total. The van der Waals surface area contributed by atoms with Crippen LogP contribution in [0.2, 0.25) is 0 Å². The van der Waals surface area contributed by atoms with Crippen LogP contribution in [0, 0.1) is 0 Å². The van der Waals surface area contributed by atoms with Crippen LogP contribution in [0.15, 0.2) is 66.4 Å². The second-order valence-electron chi connectivity index (χ2n) is 6.33. The lowest BCUT2D eigenvalue weighted by Gasteiger charge is -2.29. The highest BCUT2D eigenvalue weighted by Gasteiger charge is 2.38. The summed E-state index contributed by atoms with van der Waals surface area (Å²) in [7, 11) is 1.78. The number of unbranched alkanes of at least 4 members (excludes halogenated alkanes) is 1. The van der Waals surface area contributed by atoms with Gasteiger partial charge < -0.3 is 4.90 Å². The quantitative estimate of drug-likeness (QED) is 0.528. The Hall–Kier alpha value is -1.63. The topological polar surface area (TPSA) is 15.3 Å². The lowest BCUT2D eigenvalue weighted by Crippen LogP contribution is -2.20. The van der Waals surface area contributed by atoms with Crippen LogP contribution in [0.25, 0.3) is 5.31 Å². The van der Waals surface area contributed by atoms with Crippen LogP contribution in [0.3, 0.4) is 0 Å². The predicted molar refractivity (Wildman–Crippen MR) is 106 cm³/mol. The summed E-state index contributed by atoms with van der Waals surface area (Å²) < 4.78 is 0. The van der Waals surface area contributed by atoms with Gasteiger partial charge in [-0.25, -0.2) is 0 Å². The van der Waals surface area contributed by atoms with Gasteiger partial charge in [-0.05, 0) is 31.0 Å². The van der Waals surface area contributed by atoms with E-state index >= 15 is 0 Å². The number of nitrogens with one attached hydrogen (secondary N) is 1. The second-order valence-corrected chi connectivity index (χ2v) is 8.32. The lowest BCUT2D eigenvalue weighted by atomic mass is 10.1. The van der Waals surface area contributed by atoms with Gasteiger partial charge in [0.2, 0.25) is 0 Å². The maximum absolute atomic E-state index is 3.91.